The lowest BCUT2D eigenvalue weighted by atomic mass is 10.00. The van der Waals surface area contributed by atoms with Gasteiger partial charge in [-0.2, -0.15) is 5.26 Å². The zero-order chi connectivity index (χ0) is 18.5. The first-order chi connectivity index (χ1) is 12.6. The molecule has 2 N–H and O–H groups in total. The molecule has 0 radical (unpaired) electrons. The Balaban J connectivity index is 2.03. The number of nitrogens with zero attached hydrogens (tertiary/aromatic N) is 3. The zero-order valence-electron chi connectivity index (χ0n) is 14.1. The minimum atomic E-state index is -0.568. The maximum Gasteiger partial charge on any atom is 0.169 e. The van der Waals surface area contributed by atoms with Crippen LogP contribution in [0.2, 0.25) is 0 Å². The Labute approximate surface area is 150 Å². The number of hydrogen-bond acceptors (Lipinski definition) is 5. The number of nitriles is 1. The Kier molecular flexibility index (Phi) is 5.20. The summed E-state index contributed by atoms with van der Waals surface area (Å²) in [6, 6.07) is 16.1. The van der Waals surface area contributed by atoms with Gasteiger partial charge in [0.1, 0.15) is 23.4 Å². The predicted octanol–water partition coefficient (Wildman–Crippen LogP) is 3.61. The van der Waals surface area contributed by atoms with E-state index < -0.39 is 11.9 Å². The Hall–Kier alpha value is -3.30. The van der Waals surface area contributed by atoms with Gasteiger partial charge in [-0.1, -0.05) is 42.5 Å². The van der Waals surface area contributed by atoms with Crippen LogP contribution in [0, 0.1) is 17.1 Å². The molecule has 0 saturated carbocycles. The molecular weight excluding hydrogens is 331 g/mol. The molecule has 0 aliphatic rings. The number of aliphatic hydroxyl groups excluding tert-OH is 1. The molecule has 26 heavy (non-hydrogen) atoms. The van der Waals surface area contributed by atoms with Gasteiger partial charge in [-0.15, -0.1) is 0 Å². The molecule has 6 heteroatoms. The highest BCUT2D eigenvalue weighted by Crippen LogP contribution is 2.31. The number of hydrogen-bond donors (Lipinski definition) is 2. The smallest absolute Gasteiger partial charge is 0.169 e. The first-order valence-electron chi connectivity index (χ1n) is 8.13. The summed E-state index contributed by atoms with van der Waals surface area (Å²) >= 11 is 0. The average molecular weight is 348 g/mol. The highest BCUT2D eigenvalue weighted by atomic mass is 19.1. The molecule has 1 atom stereocenters. The lowest BCUT2D eigenvalue weighted by molar-refractivity contribution is 0.208. The van der Waals surface area contributed by atoms with Gasteiger partial charge in [0.2, 0.25) is 0 Å². The second kappa shape index (κ2) is 7.72. The van der Waals surface area contributed by atoms with Crippen LogP contribution in [0.4, 0.5) is 10.2 Å². The number of anilines is 1. The summed E-state index contributed by atoms with van der Waals surface area (Å²) in [7, 11) is 0. The van der Waals surface area contributed by atoms with Crippen LogP contribution in [0.25, 0.3) is 22.4 Å². The largest absolute Gasteiger partial charge is 0.392 e. The molecule has 0 amide bonds. The van der Waals surface area contributed by atoms with E-state index in [0.29, 0.717) is 11.4 Å². The third-order valence-electron chi connectivity index (χ3n) is 3.80. The number of rotatable bonds is 5. The average Bonchev–Trinajstić information content (AvgIpc) is 2.67. The summed E-state index contributed by atoms with van der Waals surface area (Å²) in [4.78, 5) is 8.39. The fourth-order valence-electron chi connectivity index (χ4n) is 2.56. The van der Waals surface area contributed by atoms with Crippen molar-refractivity contribution >= 4 is 5.82 Å². The second-order valence-corrected chi connectivity index (χ2v) is 5.83. The van der Waals surface area contributed by atoms with E-state index in [4.69, 9.17) is 0 Å². The molecular formula is C20H17FN4O. The van der Waals surface area contributed by atoms with E-state index in [1.54, 1.807) is 25.1 Å². The Morgan fingerprint density at radius 1 is 1.15 bits per heavy atom. The first kappa shape index (κ1) is 17.5. The van der Waals surface area contributed by atoms with Gasteiger partial charge in [0, 0.05) is 17.7 Å². The number of nitrogens with one attached hydrogen (secondary N) is 1. The van der Waals surface area contributed by atoms with Gasteiger partial charge >= 0.3 is 0 Å². The van der Waals surface area contributed by atoms with E-state index in [-0.39, 0.29) is 23.5 Å². The molecule has 0 aliphatic carbocycles. The van der Waals surface area contributed by atoms with Crippen LogP contribution in [0.1, 0.15) is 12.6 Å². The number of halogens is 1. The molecule has 130 valence electrons. The Morgan fingerprint density at radius 2 is 1.88 bits per heavy atom. The van der Waals surface area contributed by atoms with E-state index >= 15 is 4.39 Å². The van der Waals surface area contributed by atoms with Crippen molar-refractivity contribution in [1.82, 2.24) is 9.97 Å². The Morgan fingerprint density at radius 3 is 2.58 bits per heavy atom. The fraction of sp³-hybridized carbons (Fsp3) is 0.150. The van der Waals surface area contributed by atoms with E-state index in [1.807, 2.05) is 36.4 Å². The van der Waals surface area contributed by atoms with Gasteiger partial charge in [0.25, 0.3) is 0 Å². The molecule has 2 aromatic carbocycles. The van der Waals surface area contributed by atoms with E-state index in [9.17, 15) is 10.4 Å². The summed E-state index contributed by atoms with van der Waals surface area (Å²) in [5.41, 5.74) is 1.60. The molecule has 5 nitrogen and oxygen atoms in total. The van der Waals surface area contributed by atoms with E-state index in [1.165, 1.54) is 6.20 Å². The van der Waals surface area contributed by atoms with Crippen molar-refractivity contribution in [3.05, 3.63) is 66.2 Å². The van der Waals surface area contributed by atoms with Gasteiger partial charge in [-0.3, -0.25) is 0 Å². The molecule has 0 fully saturated rings. The number of aromatic nitrogens is 2. The highest BCUT2D eigenvalue weighted by molar-refractivity contribution is 5.74. The normalized spacial score (nSPS) is 11.6. The number of aliphatic hydroxyl groups is 1. The molecule has 0 spiro atoms. The summed E-state index contributed by atoms with van der Waals surface area (Å²) in [6.07, 6.45) is 0.856. The summed E-state index contributed by atoms with van der Waals surface area (Å²) < 4.78 is 15.1. The van der Waals surface area contributed by atoms with Crippen LogP contribution in [0.15, 0.2) is 54.7 Å². The summed E-state index contributed by atoms with van der Waals surface area (Å²) in [5.74, 6) is -0.0972. The standard InChI is InChI=1S/C20H17FN4O/c1-13(26)11-23-18-12-24-20(17(10-22)25-18)16-9-5-8-15(19(16)21)14-6-3-2-4-7-14/h2-9,12-13,26H,11H2,1H3,(H,23,25)/t13-/m1/s1. The molecule has 3 rings (SSSR count). The molecule has 0 unspecified atom stereocenters. The van der Waals surface area contributed by atoms with Crippen LogP contribution < -0.4 is 5.32 Å². The van der Waals surface area contributed by atoms with Crippen LogP contribution >= 0.6 is 0 Å². The van der Waals surface area contributed by atoms with Gasteiger partial charge in [-0.05, 0) is 18.6 Å². The Bertz CT molecular complexity index is 952. The zero-order valence-corrected chi connectivity index (χ0v) is 14.1. The highest BCUT2D eigenvalue weighted by Gasteiger charge is 2.17. The van der Waals surface area contributed by atoms with Crippen molar-refractivity contribution in [3.63, 3.8) is 0 Å². The lowest BCUT2D eigenvalue weighted by Crippen LogP contribution is -2.16. The molecule has 0 bridgehead atoms. The second-order valence-electron chi connectivity index (χ2n) is 5.83. The first-order valence-corrected chi connectivity index (χ1v) is 8.13. The minimum absolute atomic E-state index is 0.0182. The van der Waals surface area contributed by atoms with Crippen molar-refractivity contribution < 1.29 is 9.50 Å². The van der Waals surface area contributed by atoms with Crippen LogP contribution in [0.3, 0.4) is 0 Å². The van der Waals surface area contributed by atoms with Crippen molar-refractivity contribution in [3.8, 4) is 28.5 Å². The van der Waals surface area contributed by atoms with Crippen molar-refractivity contribution in [2.45, 2.75) is 13.0 Å². The lowest BCUT2D eigenvalue weighted by Gasteiger charge is -2.11. The van der Waals surface area contributed by atoms with Crippen molar-refractivity contribution in [2.75, 3.05) is 11.9 Å². The van der Waals surface area contributed by atoms with Gasteiger partial charge in [-0.25, -0.2) is 14.4 Å². The van der Waals surface area contributed by atoms with E-state index in [2.05, 4.69) is 15.3 Å². The van der Waals surface area contributed by atoms with Gasteiger partial charge in [0.05, 0.1) is 12.3 Å². The van der Waals surface area contributed by atoms with Crippen molar-refractivity contribution in [1.29, 1.82) is 5.26 Å². The SMILES string of the molecule is C[C@@H](O)CNc1cnc(-c2cccc(-c3ccccc3)c2F)c(C#N)n1. The van der Waals surface area contributed by atoms with Crippen LogP contribution in [0.5, 0.6) is 0 Å². The maximum atomic E-state index is 15.1. The van der Waals surface area contributed by atoms with Gasteiger partial charge in [0.15, 0.2) is 5.69 Å². The predicted molar refractivity (Wildman–Crippen MR) is 97.7 cm³/mol. The molecule has 3 aromatic rings. The molecule has 0 aliphatic heterocycles. The molecule has 1 heterocycles. The maximum absolute atomic E-state index is 15.1. The van der Waals surface area contributed by atoms with Crippen LogP contribution in [-0.4, -0.2) is 27.7 Å². The van der Waals surface area contributed by atoms with Gasteiger partial charge < -0.3 is 10.4 Å². The molecule has 0 saturated heterocycles. The topological polar surface area (TPSA) is 81.8 Å². The third-order valence-corrected chi connectivity index (χ3v) is 3.80. The quantitative estimate of drug-likeness (QED) is 0.736. The fourth-order valence-corrected chi connectivity index (χ4v) is 2.56. The monoisotopic (exact) mass is 348 g/mol. The van der Waals surface area contributed by atoms with E-state index in [0.717, 1.165) is 5.56 Å². The third kappa shape index (κ3) is 3.68. The van der Waals surface area contributed by atoms with Crippen LogP contribution in [-0.2, 0) is 0 Å². The molecule has 1 aromatic heterocycles. The summed E-state index contributed by atoms with van der Waals surface area (Å²) in [6.45, 7) is 1.90. The summed E-state index contributed by atoms with van der Waals surface area (Å²) in [5, 5.41) is 21.6. The minimum Gasteiger partial charge on any atom is -0.392 e. The van der Waals surface area contributed by atoms with Crippen molar-refractivity contribution in [2.24, 2.45) is 0 Å². The number of benzene rings is 2.